The lowest BCUT2D eigenvalue weighted by Crippen LogP contribution is -2.48. The van der Waals surface area contributed by atoms with Crippen molar-refractivity contribution >= 4 is 45.9 Å². The van der Waals surface area contributed by atoms with E-state index in [9.17, 15) is 24.6 Å². The van der Waals surface area contributed by atoms with Gasteiger partial charge in [0.05, 0.1) is 62.3 Å². The number of phenols is 1. The number of aliphatic hydroxyl groups is 1. The highest BCUT2D eigenvalue weighted by Crippen LogP contribution is 2.33. The molecule has 6 rings (SSSR count). The van der Waals surface area contributed by atoms with Gasteiger partial charge in [-0.15, -0.1) is 0 Å². The molecule has 1 aromatic heterocycles. The van der Waals surface area contributed by atoms with E-state index in [2.05, 4.69) is 41.1 Å². The van der Waals surface area contributed by atoms with Crippen LogP contribution < -0.4 is 26.2 Å². The molecule has 1 fully saturated rings. The molecule has 1 aliphatic heterocycles. The number of carbonyl (C=O) groups excluding carboxylic acids is 2. The third kappa shape index (κ3) is 10.9. The molecule has 300 valence electrons. The molecule has 4 aromatic carbocycles. The predicted octanol–water partition coefficient (Wildman–Crippen LogP) is 7.52. The summed E-state index contributed by atoms with van der Waals surface area (Å²) in [4.78, 5) is 40.4. The van der Waals surface area contributed by atoms with Crippen LogP contribution in [0.25, 0.3) is 22.0 Å². The first kappa shape index (κ1) is 41.2. The molecule has 0 radical (unpaired) electrons. The zero-order chi connectivity index (χ0) is 40.5. The first-order valence-corrected chi connectivity index (χ1v) is 19.6. The number of hydrogen-bond donors (Lipinski definition) is 6. The molecule has 6 N–H and O–H groups in total. The fraction of sp³-hybridized carbons (Fsp3) is 0.341. The lowest BCUT2D eigenvalue weighted by Gasteiger charge is -2.36. The molecule has 1 aliphatic rings. The maximum Gasteiger partial charge on any atom is 0.411 e. The van der Waals surface area contributed by atoms with Crippen LogP contribution in [0.15, 0.2) is 89.7 Å². The van der Waals surface area contributed by atoms with E-state index in [1.165, 1.54) is 19.2 Å². The summed E-state index contributed by atoms with van der Waals surface area (Å²) in [6.45, 7) is 2.41. The van der Waals surface area contributed by atoms with Crippen LogP contribution in [0.1, 0.15) is 54.9 Å². The molecule has 0 bridgehead atoms. The van der Waals surface area contributed by atoms with Gasteiger partial charge in [-0.1, -0.05) is 60.1 Å². The van der Waals surface area contributed by atoms with E-state index < -0.39 is 12.2 Å². The van der Waals surface area contributed by atoms with Crippen molar-refractivity contribution in [1.29, 1.82) is 0 Å². The first-order chi connectivity index (χ1) is 27.4. The number of carbonyl (C=O) groups is 2. The first-order valence-electron chi connectivity index (χ1n) is 19.3. The Balaban J connectivity index is 1.00. The number of halogens is 1. The molecule has 13 heteroatoms. The fourth-order valence-corrected chi connectivity index (χ4v) is 7.45. The smallest absolute Gasteiger partial charge is 0.411 e. The summed E-state index contributed by atoms with van der Waals surface area (Å²) < 4.78 is 12.4. The SMILES string of the molecule is COc1cc(NC(=O)CCCCc2ccc(-c3ccccc3)c(NC(=O)OC3CC[N+](C)(C)CC3)c2)c(Cl)cc1CNC[C@H](O)c1ccc(O)c2[nH]c(=O)ccc12. The quantitative estimate of drug-likeness (QED) is 0.0468. The van der Waals surface area contributed by atoms with E-state index in [1.807, 2.05) is 42.5 Å². The molecule has 2 heterocycles. The number of hydrogen-bond acceptors (Lipinski definition) is 8. The van der Waals surface area contributed by atoms with Crippen molar-refractivity contribution in [2.45, 2.75) is 57.3 Å². The summed E-state index contributed by atoms with van der Waals surface area (Å²) in [6.07, 6.45) is 2.59. The van der Waals surface area contributed by atoms with Gasteiger partial charge >= 0.3 is 6.09 Å². The summed E-state index contributed by atoms with van der Waals surface area (Å²) in [5.74, 6) is 0.257. The van der Waals surface area contributed by atoms with Crippen LogP contribution in [0.2, 0.25) is 5.02 Å². The molecule has 0 aliphatic carbocycles. The number of unbranched alkanes of at least 4 members (excludes halogenated alkanes) is 1. The van der Waals surface area contributed by atoms with Gasteiger partial charge in [0.25, 0.3) is 0 Å². The van der Waals surface area contributed by atoms with Gasteiger partial charge in [0.15, 0.2) is 0 Å². The van der Waals surface area contributed by atoms with Gasteiger partial charge < -0.3 is 39.8 Å². The number of ether oxygens (including phenoxy) is 2. The molecule has 2 amide bonds. The summed E-state index contributed by atoms with van der Waals surface area (Å²) in [6, 6.07) is 25.4. The van der Waals surface area contributed by atoms with Crippen LogP contribution in [0, 0.1) is 0 Å². The minimum Gasteiger partial charge on any atom is -0.506 e. The summed E-state index contributed by atoms with van der Waals surface area (Å²) in [5.41, 5.74) is 5.25. The number of quaternary nitrogens is 1. The van der Waals surface area contributed by atoms with Gasteiger partial charge in [-0.3, -0.25) is 14.9 Å². The highest BCUT2D eigenvalue weighted by Gasteiger charge is 2.28. The molecule has 57 heavy (non-hydrogen) atoms. The highest BCUT2D eigenvalue weighted by atomic mass is 35.5. The molecule has 12 nitrogen and oxygen atoms in total. The number of aromatic amines is 1. The molecule has 0 saturated carbocycles. The van der Waals surface area contributed by atoms with Crippen molar-refractivity contribution in [3.8, 4) is 22.6 Å². The fourth-order valence-electron chi connectivity index (χ4n) is 7.22. The number of benzene rings is 4. The Morgan fingerprint density at radius 3 is 2.47 bits per heavy atom. The zero-order valence-corrected chi connectivity index (χ0v) is 33.3. The van der Waals surface area contributed by atoms with E-state index in [0.717, 1.165) is 65.5 Å². The number of fused-ring (bicyclic) bond motifs is 1. The van der Waals surface area contributed by atoms with Crippen LogP contribution in [-0.4, -0.2) is 78.6 Å². The second-order valence-corrected chi connectivity index (χ2v) is 15.6. The third-order valence-electron chi connectivity index (χ3n) is 10.5. The number of phenolic OH excluding ortho intramolecular Hbond substituents is 1. The number of piperidine rings is 1. The Morgan fingerprint density at radius 1 is 0.947 bits per heavy atom. The van der Waals surface area contributed by atoms with E-state index in [1.54, 1.807) is 24.3 Å². The van der Waals surface area contributed by atoms with Crippen molar-refractivity contribution in [1.82, 2.24) is 10.3 Å². The lowest BCUT2D eigenvalue weighted by atomic mass is 9.99. The number of anilines is 2. The number of H-pyrrole nitrogens is 1. The van der Waals surface area contributed by atoms with E-state index in [0.29, 0.717) is 46.1 Å². The number of aromatic hydroxyl groups is 1. The number of aryl methyl sites for hydroxylation is 1. The normalized spacial score (nSPS) is 14.5. The van der Waals surface area contributed by atoms with Gasteiger partial charge in [-0.2, -0.15) is 0 Å². The molecular weight excluding hydrogens is 746 g/mol. The van der Waals surface area contributed by atoms with Gasteiger partial charge in [0, 0.05) is 61.0 Å². The maximum atomic E-state index is 13.1. The standard InChI is InChI=1S/C44H50ClN5O7/c1-50(2)21-19-31(20-22-50)57-44(55)48-36-23-28(13-14-32(36)29-10-5-4-6-11-29)9-7-8-12-41(53)47-37-25-40(56-3)30(24-35(37)45)26-46-27-39(52)33-15-17-38(51)43-34(33)16-18-42(54)49-43/h4-6,10-11,13-18,23-25,31,39,46,52H,7-9,12,19-22,26-27H2,1-3H3,(H3-,47,48,49,51,53,54,55)/p+1/t39-/m0/s1. The molecule has 5 aromatic rings. The minimum atomic E-state index is -0.936. The Kier molecular flexibility index (Phi) is 13.5. The zero-order valence-electron chi connectivity index (χ0n) is 32.6. The van der Waals surface area contributed by atoms with Crippen molar-refractivity contribution < 1.29 is 33.8 Å². The van der Waals surface area contributed by atoms with E-state index in [4.69, 9.17) is 21.1 Å². The van der Waals surface area contributed by atoms with E-state index >= 15 is 0 Å². The predicted molar refractivity (Wildman–Crippen MR) is 224 cm³/mol. The lowest BCUT2D eigenvalue weighted by molar-refractivity contribution is -0.896. The Hall–Kier alpha value is -5.40. The number of pyridine rings is 1. The van der Waals surface area contributed by atoms with E-state index in [-0.39, 0.29) is 41.8 Å². The number of nitrogens with one attached hydrogen (secondary N) is 4. The highest BCUT2D eigenvalue weighted by molar-refractivity contribution is 6.33. The van der Waals surface area contributed by atoms with Crippen LogP contribution in [0.5, 0.6) is 11.5 Å². The van der Waals surface area contributed by atoms with Gasteiger partial charge in [-0.05, 0) is 60.2 Å². The van der Waals surface area contributed by atoms with Crippen LogP contribution in [-0.2, 0) is 22.5 Å². The largest absolute Gasteiger partial charge is 0.506 e. The molecule has 1 saturated heterocycles. The Bertz CT molecular complexity index is 2250. The summed E-state index contributed by atoms with van der Waals surface area (Å²) >= 11 is 6.61. The number of likely N-dealkylation sites (tertiary alicyclic amines) is 1. The third-order valence-corrected chi connectivity index (χ3v) is 10.8. The van der Waals surface area contributed by atoms with Crippen molar-refractivity contribution in [3.63, 3.8) is 0 Å². The molecule has 0 spiro atoms. The molecular formula is C44H51ClN5O7+. The summed E-state index contributed by atoms with van der Waals surface area (Å²) in [5, 5.41) is 31.1. The second-order valence-electron chi connectivity index (χ2n) is 15.2. The number of methoxy groups -OCH3 is 1. The van der Waals surface area contributed by atoms with Crippen molar-refractivity contribution in [2.75, 3.05) is 51.5 Å². The number of amides is 2. The van der Waals surface area contributed by atoms with Gasteiger partial charge in [-0.25, -0.2) is 4.79 Å². The number of rotatable bonds is 15. The molecule has 0 unspecified atom stereocenters. The minimum absolute atomic E-state index is 0.0790. The van der Waals surface area contributed by atoms with Gasteiger partial charge in [0.1, 0.15) is 17.6 Å². The number of aliphatic hydroxyl groups excluding tert-OH is 1. The van der Waals surface area contributed by atoms with Crippen molar-refractivity contribution in [3.05, 3.63) is 117 Å². The van der Waals surface area contributed by atoms with Crippen LogP contribution in [0.3, 0.4) is 0 Å². The van der Waals surface area contributed by atoms with Gasteiger partial charge in [0.2, 0.25) is 11.5 Å². The average Bonchev–Trinajstić information content (AvgIpc) is 3.19. The maximum absolute atomic E-state index is 13.1. The number of aromatic nitrogens is 1. The number of nitrogens with zero attached hydrogens (tertiary/aromatic N) is 1. The molecule has 1 atom stereocenters. The Labute approximate surface area is 337 Å². The van der Waals surface area contributed by atoms with Crippen molar-refractivity contribution in [2.24, 2.45) is 0 Å². The second kappa shape index (κ2) is 18.7. The monoisotopic (exact) mass is 796 g/mol. The summed E-state index contributed by atoms with van der Waals surface area (Å²) in [7, 11) is 5.92. The average molecular weight is 797 g/mol. The van der Waals surface area contributed by atoms with Crippen LogP contribution in [0.4, 0.5) is 16.2 Å². The topological polar surface area (TPSA) is 162 Å². The van der Waals surface area contributed by atoms with Crippen LogP contribution >= 0.6 is 11.6 Å². The Morgan fingerprint density at radius 2 is 1.72 bits per heavy atom.